The van der Waals surface area contributed by atoms with Crippen molar-refractivity contribution in [2.45, 2.75) is 46.4 Å². The molecule has 0 aliphatic heterocycles. The van der Waals surface area contributed by atoms with Crippen LogP contribution < -0.4 is 0 Å². The van der Waals surface area contributed by atoms with Crippen molar-refractivity contribution in [3.8, 4) is 0 Å². The van der Waals surface area contributed by atoms with Gasteiger partial charge in [-0.1, -0.05) is 45.4 Å². The van der Waals surface area contributed by atoms with E-state index >= 15 is 0 Å². The first-order valence-corrected chi connectivity index (χ1v) is 8.66. The maximum Gasteiger partial charge on any atom is 0.243 e. The standard InChI is InChI=1S/C16H27NO2S/c1-12(2)10-17(11-13(3)4)20(18,19)16-8-7-14(5)9-15(16)6/h7-9,12-13H,10-11H2,1-6H3. The number of hydrogen-bond acceptors (Lipinski definition) is 2. The van der Waals surface area contributed by atoms with Gasteiger partial charge in [0.05, 0.1) is 4.90 Å². The van der Waals surface area contributed by atoms with Gasteiger partial charge in [-0.3, -0.25) is 0 Å². The zero-order chi connectivity index (χ0) is 15.5. The van der Waals surface area contributed by atoms with Crippen molar-refractivity contribution in [2.24, 2.45) is 11.8 Å². The van der Waals surface area contributed by atoms with E-state index in [0.717, 1.165) is 11.1 Å². The molecule has 114 valence electrons. The SMILES string of the molecule is Cc1ccc(S(=O)(=O)N(CC(C)C)CC(C)C)c(C)c1. The van der Waals surface area contributed by atoms with Gasteiger partial charge in [-0.05, 0) is 37.3 Å². The van der Waals surface area contributed by atoms with Crippen LogP contribution in [0.1, 0.15) is 38.8 Å². The van der Waals surface area contributed by atoms with E-state index in [2.05, 4.69) is 0 Å². The van der Waals surface area contributed by atoms with E-state index in [9.17, 15) is 8.42 Å². The fourth-order valence-corrected chi connectivity index (χ4v) is 4.29. The molecule has 20 heavy (non-hydrogen) atoms. The second kappa shape index (κ2) is 6.72. The summed E-state index contributed by atoms with van der Waals surface area (Å²) < 4.78 is 27.3. The topological polar surface area (TPSA) is 37.4 Å². The van der Waals surface area contributed by atoms with E-state index in [1.54, 1.807) is 10.4 Å². The molecule has 0 bridgehead atoms. The van der Waals surface area contributed by atoms with E-state index in [0.29, 0.717) is 29.8 Å². The molecule has 0 saturated carbocycles. The zero-order valence-corrected chi connectivity index (χ0v) is 14.3. The minimum atomic E-state index is -3.41. The largest absolute Gasteiger partial charge is 0.243 e. The van der Waals surface area contributed by atoms with Gasteiger partial charge in [-0.15, -0.1) is 0 Å². The minimum absolute atomic E-state index is 0.314. The molecule has 0 aliphatic carbocycles. The Labute approximate surface area is 124 Å². The molecule has 4 heteroatoms. The van der Waals surface area contributed by atoms with Crippen molar-refractivity contribution in [3.05, 3.63) is 29.3 Å². The van der Waals surface area contributed by atoms with Crippen molar-refractivity contribution in [1.29, 1.82) is 0 Å². The number of rotatable bonds is 6. The Morgan fingerprint density at radius 3 is 1.90 bits per heavy atom. The van der Waals surface area contributed by atoms with Crippen LogP contribution in [0, 0.1) is 25.7 Å². The highest BCUT2D eigenvalue weighted by molar-refractivity contribution is 7.89. The number of benzene rings is 1. The lowest BCUT2D eigenvalue weighted by Crippen LogP contribution is -2.37. The molecule has 1 rings (SSSR count). The van der Waals surface area contributed by atoms with Crippen LogP contribution in [0.25, 0.3) is 0 Å². The average molecular weight is 297 g/mol. The van der Waals surface area contributed by atoms with Crippen molar-refractivity contribution in [1.82, 2.24) is 4.31 Å². The summed E-state index contributed by atoms with van der Waals surface area (Å²) in [5.74, 6) is 0.628. The summed E-state index contributed by atoms with van der Waals surface area (Å²) in [5, 5.41) is 0. The Balaban J connectivity index is 3.21. The first-order valence-electron chi connectivity index (χ1n) is 7.22. The van der Waals surface area contributed by atoms with E-state index in [1.807, 2.05) is 53.7 Å². The third kappa shape index (κ3) is 4.32. The molecule has 0 N–H and O–H groups in total. The molecule has 0 amide bonds. The molecule has 0 aromatic heterocycles. The molecule has 0 heterocycles. The van der Waals surface area contributed by atoms with E-state index in [-0.39, 0.29) is 0 Å². The number of sulfonamides is 1. The van der Waals surface area contributed by atoms with Crippen LogP contribution in [0.2, 0.25) is 0 Å². The van der Waals surface area contributed by atoms with Gasteiger partial charge in [0.15, 0.2) is 0 Å². The Morgan fingerprint density at radius 2 is 1.50 bits per heavy atom. The van der Waals surface area contributed by atoms with Gasteiger partial charge in [0.2, 0.25) is 10.0 Å². The van der Waals surface area contributed by atoms with Crippen molar-refractivity contribution in [3.63, 3.8) is 0 Å². The fourth-order valence-electron chi connectivity index (χ4n) is 2.31. The number of nitrogens with zero attached hydrogens (tertiary/aromatic N) is 1. The van der Waals surface area contributed by atoms with E-state index < -0.39 is 10.0 Å². The summed E-state index contributed by atoms with van der Waals surface area (Å²) in [7, 11) is -3.41. The normalized spacial score (nSPS) is 12.7. The van der Waals surface area contributed by atoms with Gasteiger partial charge in [-0.2, -0.15) is 4.31 Å². The third-order valence-corrected chi connectivity index (χ3v) is 5.08. The lowest BCUT2D eigenvalue weighted by atomic mass is 10.2. The van der Waals surface area contributed by atoms with Crippen LogP contribution in [0.5, 0.6) is 0 Å². The van der Waals surface area contributed by atoms with E-state index in [4.69, 9.17) is 0 Å². The van der Waals surface area contributed by atoms with Crippen LogP contribution in [-0.2, 0) is 10.0 Å². The maximum absolute atomic E-state index is 12.9. The predicted molar refractivity (Wildman–Crippen MR) is 84.4 cm³/mol. The average Bonchev–Trinajstić information content (AvgIpc) is 2.26. The molecule has 0 spiro atoms. The van der Waals surface area contributed by atoms with Crippen molar-refractivity contribution < 1.29 is 8.42 Å². The quantitative estimate of drug-likeness (QED) is 0.804. The van der Waals surface area contributed by atoms with E-state index in [1.165, 1.54) is 0 Å². The summed E-state index contributed by atoms with van der Waals surface area (Å²) in [6.45, 7) is 13.2. The van der Waals surface area contributed by atoms with Gasteiger partial charge in [-0.25, -0.2) is 8.42 Å². The van der Waals surface area contributed by atoms with Gasteiger partial charge >= 0.3 is 0 Å². The monoisotopic (exact) mass is 297 g/mol. The third-order valence-electron chi connectivity index (χ3n) is 3.09. The van der Waals surface area contributed by atoms with Crippen LogP contribution in [0.15, 0.2) is 23.1 Å². The molecule has 0 fully saturated rings. The number of aryl methyl sites for hydroxylation is 2. The highest BCUT2D eigenvalue weighted by Crippen LogP contribution is 2.22. The van der Waals surface area contributed by atoms with Crippen molar-refractivity contribution >= 4 is 10.0 Å². The summed E-state index contributed by atoms with van der Waals surface area (Å²) in [6.07, 6.45) is 0. The molecule has 0 unspecified atom stereocenters. The second-order valence-electron chi connectivity index (χ2n) is 6.38. The highest BCUT2D eigenvalue weighted by Gasteiger charge is 2.27. The Morgan fingerprint density at radius 1 is 1.00 bits per heavy atom. The zero-order valence-electron chi connectivity index (χ0n) is 13.5. The molecule has 1 aromatic carbocycles. The summed E-state index contributed by atoms with van der Waals surface area (Å²) in [5.41, 5.74) is 1.91. The molecule has 0 atom stereocenters. The van der Waals surface area contributed by atoms with Crippen LogP contribution in [0.3, 0.4) is 0 Å². The molecule has 3 nitrogen and oxygen atoms in total. The molecule has 1 aromatic rings. The first kappa shape index (κ1) is 17.2. The van der Waals surface area contributed by atoms with Crippen LogP contribution in [-0.4, -0.2) is 25.8 Å². The molecular formula is C16H27NO2S. The van der Waals surface area contributed by atoms with Crippen molar-refractivity contribution in [2.75, 3.05) is 13.1 Å². The lowest BCUT2D eigenvalue weighted by Gasteiger charge is -2.26. The van der Waals surface area contributed by atoms with Crippen LogP contribution >= 0.6 is 0 Å². The first-order chi connectivity index (χ1) is 9.14. The van der Waals surface area contributed by atoms with Gasteiger partial charge < -0.3 is 0 Å². The van der Waals surface area contributed by atoms with Gasteiger partial charge in [0, 0.05) is 13.1 Å². The minimum Gasteiger partial charge on any atom is -0.207 e. The molecular weight excluding hydrogens is 270 g/mol. The Kier molecular flexibility index (Phi) is 5.78. The Bertz CT molecular complexity index is 538. The summed E-state index contributed by atoms with van der Waals surface area (Å²) >= 11 is 0. The fraction of sp³-hybridized carbons (Fsp3) is 0.625. The Hall–Kier alpha value is -0.870. The lowest BCUT2D eigenvalue weighted by molar-refractivity contribution is 0.333. The smallest absolute Gasteiger partial charge is 0.207 e. The highest BCUT2D eigenvalue weighted by atomic mass is 32.2. The molecule has 0 radical (unpaired) electrons. The molecule has 0 saturated heterocycles. The maximum atomic E-state index is 12.9. The summed E-state index contributed by atoms with van der Waals surface area (Å²) in [6, 6.07) is 5.52. The van der Waals surface area contributed by atoms with Gasteiger partial charge in [0.25, 0.3) is 0 Å². The predicted octanol–water partition coefficient (Wildman–Crippen LogP) is 3.61. The van der Waals surface area contributed by atoms with Gasteiger partial charge in [0.1, 0.15) is 0 Å². The number of hydrogen-bond donors (Lipinski definition) is 0. The second-order valence-corrected chi connectivity index (χ2v) is 8.29. The summed E-state index contributed by atoms with van der Waals surface area (Å²) in [4.78, 5) is 0.435. The molecule has 0 aliphatic rings. The van der Waals surface area contributed by atoms with Crippen LogP contribution in [0.4, 0.5) is 0 Å².